The number of rotatable bonds is 3. The van der Waals surface area contributed by atoms with Crippen LogP contribution >= 0.6 is 0 Å². The van der Waals surface area contributed by atoms with Gasteiger partial charge >= 0.3 is 0 Å². The molecule has 3 atom stereocenters. The molecule has 3 unspecified atom stereocenters. The van der Waals surface area contributed by atoms with Crippen LogP contribution in [0.1, 0.15) is 32.1 Å². The number of likely N-dealkylation sites (tertiary alicyclic amines) is 1. The highest BCUT2D eigenvalue weighted by Crippen LogP contribution is 2.33. The van der Waals surface area contributed by atoms with Crippen LogP contribution in [0.25, 0.3) is 0 Å². The Morgan fingerprint density at radius 3 is 2.68 bits per heavy atom. The lowest BCUT2D eigenvalue weighted by atomic mass is 9.88. The molecule has 0 radical (unpaired) electrons. The van der Waals surface area contributed by atoms with Crippen LogP contribution in [0.5, 0.6) is 0 Å². The number of hydrogen-bond donors (Lipinski definition) is 1. The molecule has 3 heterocycles. The third kappa shape index (κ3) is 3.47. The van der Waals surface area contributed by atoms with Crippen LogP contribution < -0.4 is 10.2 Å². The van der Waals surface area contributed by atoms with Crippen molar-refractivity contribution in [2.24, 2.45) is 11.8 Å². The maximum absolute atomic E-state index is 14.1. The predicted octanol–water partition coefficient (Wildman–Crippen LogP) is 1.83. The number of hydrogen-bond acceptors (Lipinski definition) is 3. The van der Waals surface area contributed by atoms with Crippen LogP contribution in [-0.4, -0.2) is 48.3 Å². The Morgan fingerprint density at radius 2 is 1.96 bits per heavy atom. The summed E-state index contributed by atoms with van der Waals surface area (Å²) < 4.78 is 27.3. The predicted molar refractivity (Wildman–Crippen MR) is 97.3 cm³/mol. The zero-order valence-electron chi connectivity index (χ0n) is 15.5. The molecule has 3 amide bonds. The second-order valence-electron chi connectivity index (χ2n) is 7.86. The zero-order valence-corrected chi connectivity index (χ0v) is 15.5. The summed E-state index contributed by atoms with van der Waals surface area (Å²) in [4.78, 5) is 40.3. The first-order valence-corrected chi connectivity index (χ1v) is 9.76. The summed E-state index contributed by atoms with van der Waals surface area (Å²) in [6.07, 6.45) is 3.19. The maximum Gasteiger partial charge on any atom is 0.228 e. The van der Waals surface area contributed by atoms with Gasteiger partial charge in [-0.05, 0) is 31.4 Å². The van der Waals surface area contributed by atoms with Gasteiger partial charge in [-0.2, -0.15) is 0 Å². The summed E-state index contributed by atoms with van der Waals surface area (Å²) in [5.41, 5.74) is 0.00230. The van der Waals surface area contributed by atoms with Crippen molar-refractivity contribution in [3.63, 3.8) is 0 Å². The summed E-state index contributed by atoms with van der Waals surface area (Å²) in [5.74, 6) is -2.42. The lowest BCUT2D eigenvalue weighted by molar-refractivity contribution is -0.140. The minimum absolute atomic E-state index is 0.00230. The normalized spacial score (nSPS) is 28.0. The van der Waals surface area contributed by atoms with E-state index in [4.69, 9.17) is 0 Å². The van der Waals surface area contributed by atoms with Crippen molar-refractivity contribution in [2.45, 2.75) is 38.1 Å². The second kappa shape index (κ2) is 7.48. The average molecular weight is 391 g/mol. The van der Waals surface area contributed by atoms with Gasteiger partial charge in [-0.1, -0.05) is 0 Å². The summed E-state index contributed by atoms with van der Waals surface area (Å²) in [5, 5.41) is 2.83. The van der Waals surface area contributed by atoms with Crippen LogP contribution in [0.3, 0.4) is 0 Å². The van der Waals surface area contributed by atoms with Crippen LogP contribution in [0.4, 0.5) is 14.5 Å². The summed E-state index contributed by atoms with van der Waals surface area (Å²) in [6.45, 7) is 1.28. The first kappa shape index (κ1) is 18.8. The van der Waals surface area contributed by atoms with Gasteiger partial charge in [-0.3, -0.25) is 14.4 Å². The lowest BCUT2D eigenvalue weighted by Gasteiger charge is -2.40. The molecule has 0 aliphatic carbocycles. The number of amides is 3. The number of anilines is 1. The molecule has 28 heavy (non-hydrogen) atoms. The van der Waals surface area contributed by atoms with Crippen LogP contribution in [0.2, 0.25) is 0 Å². The van der Waals surface area contributed by atoms with Gasteiger partial charge in [0.2, 0.25) is 17.7 Å². The minimum atomic E-state index is -0.812. The lowest BCUT2D eigenvalue weighted by Crippen LogP contribution is -2.50. The van der Waals surface area contributed by atoms with Gasteiger partial charge in [0.25, 0.3) is 0 Å². The van der Waals surface area contributed by atoms with Gasteiger partial charge in [0.1, 0.15) is 11.6 Å². The Kier molecular flexibility index (Phi) is 5.03. The van der Waals surface area contributed by atoms with Crippen LogP contribution in [-0.2, 0) is 14.4 Å². The third-order valence-electron chi connectivity index (χ3n) is 6.06. The van der Waals surface area contributed by atoms with Gasteiger partial charge in [0, 0.05) is 50.5 Å². The first-order chi connectivity index (χ1) is 13.4. The van der Waals surface area contributed by atoms with Gasteiger partial charge in [-0.15, -0.1) is 0 Å². The fraction of sp³-hybridized carbons (Fsp3) is 0.550. The van der Waals surface area contributed by atoms with Crippen molar-refractivity contribution in [1.29, 1.82) is 0 Å². The van der Waals surface area contributed by atoms with E-state index in [1.54, 1.807) is 0 Å². The summed E-state index contributed by atoms with van der Waals surface area (Å²) in [7, 11) is 0. The fourth-order valence-corrected chi connectivity index (χ4v) is 4.66. The average Bonchev–Trinajstić information content (AvgIpc) is 3.27. The third-order valence-corrected chi connectivity index (χ3v) is 6.06. The molecule has 0 bridgehead atoms. The Bertz CT molecular complexity index is 816. The van der Waals surface area contributed by atoms with Crippen LogP contribution in [0.15, 0.2) is 18.2 Å². The van der Waals surface area contributed by atoms with E-state index in [2.05, 4.69) is 5.32 Å². The van der Waals surface area contributed by atoms with E-state index < -0.39 is 17.6 Å². The van der Waals surface area contributed by atoms with Crippen molar-refractivity contribution in [3.05, 3.63) is 29.8 Å². The number of piperidine rings is 1. The molecule has 3 aliphatic rings. The molecule has 6 nitrogen and oxygen atoms in total. The van der Waals surface area contributed by atoms with Crippen molar-refractivity contribution >= 4 is 23.4 Å². The Balaban J connectivity index is 1.49. The van der Waals surface area contributed by atoms with Gasteiger partial charge in [0.15, 0.2) is 0 Å². The number of benzene rings is 1. The Labute approximate surface area is 161 Å². The van der Waals surface area contributed by atoms with E-state index >= 15 is 0 Å². The highest BCUT2D eigenvalue weighted by Gasteiger charge is 2.42. The standard InChI is InChI=1S/C20H23F2N3O3/c21-14-4-5-17(15(22)9-14)25-11-13(8-19(25)27)20(28)24-6-2-1-3-16(24)12-7-18(26)23-10-12/h4-5,9,12-13,16H,1-3,6-8,10-11H2,(H,23,26). The quantitative estimate of drug-likeness (QED) is 0.855. The maximum atomic E-state index is 14.1. The van der Waals surface area contributed by atoms with E-state index in [1.807, 2.05) is 4.90 Å². The molecule has 0 saturated carbocycles. The van der Waals surface area contributed by atoms with E-state index in [-0.39, 0.29) is 48.3 Å². The molecule has 3 aliphatic heterocycles. The smallest absolute Gasteiger partial charge is 0.228 e. The van der Waals surface area contributed by atoms with Crippen LogP contribution in [0, 0.1) is 23.5 Å². The molecule has 0 aromatic heterocycles. The first-order valence-electron chi connectivity index (χ1n) is 9.76. The van der Waals surface area contributed by atoms with Gasteiger partial charge < -0.3 is 15.1 Å². The van der Waals surface area contributed by atoms with E-state index in [0.717, 1.165) is 31.4 Å². The monoisotopic (exact) mass is 391 g/mol. The minimum Gasteiger partial charge on any atom is -0.356 e. The van der Waals surface area contributed by atoms with Gasteiger partial charge in [0.05, 0.1) is 11.6 Å². The number of carbonyl (C=O) groups excluding carboxylic acids is 3. The van der Waals surface area contributed by atoms with Crippen molar-refractivity contribution in [2.75, 3.05) is 24.5 Å². The summed E-state index contributed by atoms with van der Waals surface area (Å²) in [6, 6.07) is 3.07. The van der Waals surface area contributed by atoms with Gasteiger partial charge in [-0.25, -0.2) is 8.78 Å². The Hall–Kier alpha value is -2.51. The second-order valence-corrected chi connectivity index (χ2v) is 7.86. The molecule has 3 fully saturated rings. The van der Waals surface area contributed by atoms with Crippen molar-refractivity contribution in [3.8, 4) is 0 Å². The molecule has 0 spiro atoms. The highest BCUT2D eigenvalue weighted by atomic mass is 19.1. The molecule has 1 aromatic rings. The molecule has 8 heteroatoms. The molecule has 150 valence electrons. The molecule has 3 saturated heterocycles. The SMILES string of the molecule is O=C1CC(C2CCCCN2C(=O)C2CC(=O)N(c3ccc(F)cc3F)C2)CN1. The van der Waals surface area contributed by atoms with Crippen molar-refractivity contribution < 1.29 is 23.2 Å². The number of nitrogens with zero attached hydrogens (tertiary/aromatic N) is 2. The largest absolute Gasteiger partial charge is 0.356 e. The number of carbonyl (C=O) groups is 3. The van der Waals surface area contributed by atoms with E-state index in [9.17, 15) is 23.2 Å². The zero-order chi connectivity index (χ0) is 19.8. The summed E-state index contributed by atoms with van der Waals surface area (Å²) >= 11 is 0. The molecular weight excluding hydrogens is 368 g/mol. The topological polar surface area (TPSA) is 69.7 Å². The van der Waals surface area contributed by atoms with E-state index in [1.165, 1.54) is 11.0 Å². The Morgan fingerprint density at radius 1 is 1.14 bits per heavy atom. The molecule has 1 aromatic carbocycles. The number of halogens is 2. The fourth-order valence-electron chi connectivity index (χ4n) is 4.66. The molecular formula is C20H23F2N3O3. The highest BCUT2D eigenvalue weighted by molar-refractivity contribution is 6.00. The molecule has 4 rings (SSSR count). The molecule has 1 N–H and O–H groups in total. The van der Waals surface area contributed by atoms with E-state index in [0.29, 0.717) is 19.5 Å². The van der Waals surface area contributed by atoms with Crippen molar-refractivity contribution in [1.82, 2.24) is 10.2 Å². The number of nitrogens with one attached hydrogen (secondary N) is 1.